The third-order valence-corrected chi connectivity index (χ3v) is 4.17. The van der Waals surface area contributed by atoms with Gasteiger partial charge in [-0.15, -0.1) is 12.4 Å². The molecule has 3 atom stereocenters. The Kier molecular flexibility index (Phi) is 9.50. The van der Waals surface area contributed by atoms with Crippen molar-refractivity contribution in [3.05, 3.63) is 0 Å². The zero-order valence-electron chi connectivity index (χ0n) is 14.2. The van der Waals surface area contributed by atoms with E-state index in [1.165, 1.54) is 19.5 Å². The summed E-state index contributed by atoms with van der Waals surface area (Å²) in [7, 11) is 0. The van der Waals surface area contributed by atoms with Crippen molar-refractivity contribution < 1.29 is 4.79 Å². The number of nitrogens with one attached hydrogen (secondary N) is 1. The number of amides is 1. The number of nitrogens with zero attached hydrogens (tertiary/aromatic N) is 1. The Bertz CT molecular complexity index is 300. The number of piperidine rings is 1. The minimum absolute atomic E-state index is 0. The number of halogens is 1. The van der Waals surface area contributed by atoms with Crippen LogP contribution in [0.1, 0.15) is 53.4 Å². The van der Waals surface area contributed by atoms with Crippen LogP contribution in [-0.4, -0.2) is 42.5 Å². The molecule has 0 saturated carbocycles. The average Bonchev–Trinajstić information content (AvgIpc) is 2.33. The highest BCUT2D eigenvalue weighted by atomic mass is 35.5. The predicted molar refractivity (Wildman–Crippen MR) is 91.8 cm³/mol. The number of carbonyl (C=O) groups is 1. The molecule has 0 bridgehead atoms. The fraction of sp³-hybridized carbons (Fsp3) is 0.938. The summed E-state index contributed by atoms with van der Waals surface area (Å²) in [4.78, 5) is 14.5. The summed E-state index contributed by atoms with van der Waals surface area (Å²) in [6.45, 7) is 12.7. The molecule has 0 aromatic carbocycles. The number of likely N-dealkylation sites (tertiary alicyclic amines) is 1. The summed E-state index contributed by atoms with van der Waals surface area (Å²) in [5.74, 6) is 1.58. The smallest absolute Gasteiger partial charge is 0.239 e. The van der Waals surface area contributed by atoms with E-state index < -0.39 is 5.54 Å². The van der Waals surface area contributed by atoms with Crippen LogP contribution in [0.3, 0.4) is 0 Å². The summed E-state index contributed by atoms with van der Waals surface area (Å²) in [5.41, 5.74) is 5.29. The Morgan fingerprint density at radius 3 is 2.43 bits per heavy atom. The summed E-state index contributed by atoms with van der Waals surface area (Å²) in [5, 5.41) is 2.98. The number of nitrogens with two attached hydrogens (primary N) is 1. The molecular weight excluding hydrogens is 286 g/mol. The van der Waals surface area contributed by atoms with E-state index in [0.29, 0.717) is 0 Å². The molecule has 1 amide bonds. The van der Waals surface area contributed by atoms with E-state index in [2.05, 4.69) is 31.0 Å². The summed E-state index contributed by atoms with van der Waals surface area (Å²) in [6, 6.07) is 0. The highest BCUT2D eigenvalue weighted by molar-refractivity contribution is 5.85. The van der Waals surface area contributed by atoms with Crippen LogP contribution in [0.2, 0.25) is 0 Å². The first kappa shape index (κ1) is 20.7. The molecule has 5 heteroatoms. The summed E-state index contributed by atoms with van der Waals surface area (Å²) in [6.07, 6.45) is 4.02. The molecule has 3 N–H and O–H groups in total. The van der Waals surface area contributed by atoms with E-state index in [4.69, 9.17) is 5.73 Å². The Balaban J connectivity index is 0.00000400. The second-order valence-corrected chi connectivity index (χ2v) is 6.98. The fourth-order valence-electron chi connectivity index (χ4n) is 3.31. The van der Waals surface area contributed by atoms with Gasteiger partial charge in [-0.25, -0.2) is 0 Å². The molecule has 3 unspecified atom stereocenters. The van der Waals surface area contributed by atoms with E-state index in [0.717, 1.165) is 44.2 Å². The van der Waals surface area contributed by atoms with Crippen LogP contribution in [-0.2, 0) is 4.79 Å². The molecule has 1 fully saturated rings. The zero-order valence-corrected chi connectivity index (χ0v) is 15.0. The van der Waals surface area contributed by atoms with Gasteiger partial charge < -0.3 is 16.0 Å². The number of hydrogen-bond donors (Lipinski definition) is 2. The molecule has 1 saturated heterocycles. The van der Waals surface area contributed by atoms with Crippen molar-refractivity contribution in [1.82, 2.24) is 10.2 Å². The molecule has 1 aliphatic rings. The van der Waals surface area contributed by atoms with E-state index in [9.17, 15) is 4.79 Å². The van der Waals surface area contributed by atoms with E-state index in [-0.39, 0.29) is 18.3 Å². The van der Waals surface area contributed by atoms with Crippen molar-refractivity contribution in [2.24, 2.45) is 17.6 Å². The molecule has 126 valence electrons. The van der Waals surface area contributed by atoms with E-state index in [1.807, 2.05) is 6.92 Å². The number of hydrogen-bond acceptors (Lipinski definition) is 3. The topological polar surface area (TPSA) is 58.4 Å². The molecule has 0 aromatic heterocycles. The summed E-state index contributed by atoms with van der Waals surface area (Å²) < 4.78 is 0. The minimum Gasteiger partial charge on any atom is -0.354 e. The molecule has 0 radical (unpaired) electrons. The van der Waals surface area contributed by atoms with Gasteiger partial charge in [-0.1, -0.05) is 27.2 Å². The van der Waals surface area contributed by atoms with Gasteiger partial charge in [-0.3, -0.25) is 4.79 Å². The normalized spacial score (nSPS) is 25.8. The van der Waals surface area contributed by atoms with Gasteiger partial charge in [0, 0.05) is 19.6 Å². The molecule has 0 aliphatic carbocycles. The van der Waals surface area contributed by atoms with Gasteiger partial charge in [0.25, 0.3) is 0 Å². The van der Waals surface area contributed by atoms with Crippen LogP contribution in [0.15, 0.2) is 0 Å². The highest BCUT2D eigenvalue weighted by Gasteiger charge is 2.26. The third-order valence-electron chi connectivity index (χ3n) is 4.17. The minimum atomic E-state index is -0.719. The Morgan fingerprint density at radius 2 is 1.90 bits per heavy atom. The first-order valence-corrected chi connectivity index (χ1v) is 8.14. The lowest BCUT2D eigenvalue weighted by atomic mass is 9.92. The molecule has 1 aliphatic heterocycles. The summed E-state index contributed by atoms with van der Waals surface area (Å²) >= 11 is 0. The van der Waals surface area contributed by atoms with Gasteiger partial charge in [-0.05, 0) is 44.6 Å². The van der Waals surface area contributed by atoms with Crippen LogP contribution in [0.25, 0.3) is 0 Å². The Labute approximate surface area is 136 Å². The van der Waals surface area contributed by atoms with Gasteiger partial charge in [-0.2, -0.15) is 0 Å². The maximum absolute atomic E-state index is 12.0. The Hall–Kier alpha value is -0.320. The largest absolute Gasteiger partial charge is 0.354 e. The van der Waals surface area contributed by atoms with Gasteiger partial charge in [0.1, 0.15) is 0 Å². The predicted octanol–water partition coefficient (Wildman–Crippen LogP) is 2.41. The van der Waals surface area contributed by atoms with Crippen molar-refractivity contribution in [3.8, 4) is 0 Å². The Morgan fingerprint density at radius 1 is 1.33 bits per heavy atom. The van der Waals surface area contributed by atoms with Gasteiger partial charge in [0.05, 0.1) is 5.54 Å². The molecule has 0 spiro atoms. The average molecular weight is 320 g/mol. The molecule has 1 rings (SSSR count). The molecule has 21 heavy (non-hydrogen) atoms. The zero-order chi connectivity index (χ0) is 15.2. The van der Waals surface area contributed by atoms with Crippen LogP contribution >= 0.6 is 12.4 Å². The van der Waals surface area contributed by atoms with Crippen molar-refractivity contribution in [3.63, 3.8) is 0 Å². The standard InChI is InChI=1S/C16H33N3O.ClH/c1-5-7-16(4,17)15(20)18-8-6-9-19-11-13(2)10-14(3)12-19;/h13-14H,5-12,17H2,1-4H3,(H,18,20);1H. The van der Waals surface area contributed by atoms with Crippen molar-refractivity contribution in [1.29, 1.82) is 0 Å². The molecule has 1 heterocycles. The second kappa shape index (κ2) is 9.65. The van der Waals surface area contributed by atoms with Crippen LogP contribution in [0.5, 0.6) is 0 Å². The lowest BCUT2D eigenvalue weighted by Crippen LogP contribution is -2.52. The lowest BCUT2D eigenvalue weighted by molar-refractivity contribution is -0.126. The van der Waals surface area contributed by atoms with E-state index in [1.54, 1.807) is 0 Å². The van der Waals surface area contributed by atoms with Crippen molar-refractivity contribution >= 4 is 18.3 Å². The monoisotopic (exact) mass is 319 g/mol. The van der Waals surface area contributed by atoms with Gasteiger partial charge >= 0.3 is 0 Å². The van der Waals surface area contributed by atoms with Crippen LogP contribution in [0.4, 0.5) is 0 Å². The first-order chi connectivity index (χ1) is 9.35. The SMILES string of the molecule is CCCC(C)(N)C(=O)NCCCN1CC(C)CC(C)C1.Cl. The number of carbonyl (C=O) groups excluding carboxylic acids is 1. The van der Waals surface area contributed by atoms with Crippen LogP contribution in [0, 0.1) is 11.8 Å². The maximum atomic E-state index is 12.0. The van der Waals surface area contributed by atoms with Crippen molar-refractivity contribution in [2.75, 3.05) is 26.2 Å². The first-order valence-electron chi connectivity index (χ1n) is 8.14. The molecule has 0 aromatic rings. The lowest BCUT2D eigenvalue weighted by Gasteiger charge is -2.35. The second-order valence-electron chi connectivity index (χ2n) is 6.98. The van der Waals surface area contributed by atoms with Crippen LogP contribution < -0.4 is 11.1 Å². The molecular formula is C16H34ClN3O. The van der Waals surface area contributed by atoms with Crippen molar-refractivity contribution in [2.45, 2.75) is 58.9 Å². The van der Waals surface area contributed by atoms with Gasteiger partial charge in [0.15, 0.2) is 0 Å². The highest BCUT2D eigenvalue weighted by Crippen LogP contribution is 2.20. The maximum Gasteiger partial charge on any atom is 0.239 e. The van der Waals surface area contributed by atoms with Gasteiger partial charge in [0.2, 0.25) is 5.91 Å². The molecule has 4 nitrogen and oxygen atoms in total. The van der Waals surface area contributed by atoms with E-state index >= 15 is 0 Å². The fourth-order valence-corrected chi connectivity index (χ4v) is 3.31. The number of rotatable bonds is 7. The quantitative estimate of drug-likeness (QED) is 0.708. The third kappa shape index (κ3) is 7.48.